The summed E-state index contributed by atoms with van der Waals surface area (Å²) in [6, 6.07) is 25.5. The molecular formula is C33H25ClF3NO4. The molecule has 214 valence electrons. The van der Waals surface area contributed by atoms with Gasteiger partial charge in [-0.15, -0.1) is 0 Å². The molecule has 1 N–H and O–H groups in total. The second-order valence-corrected chi connectivity index (χ2v) is 10.2. The fraction of sp³-hybridized carbons (Fsp3) is 0.152. The Hall–Kier alpha value is -4.56. The van der Waals surface area contributed by atoms with E-state index in [0.29, 0.717) is 39.5 Å². The van der Waals surface area contributed by atoms with Crippen molar-refractivity contribution in [2.75, 3.05) is 0 Å². The molecule has 1 aromatic heterocycles. The van der Waals surface area contributed by atoms with Gasteiger partial charge in [0.25, 0.3) is 0 Å². The predicted octanol–water partition coefficient (Wildman–Crippen LogP) is 8.60. The van der Waals surface area contributed by atoms with Crippen molar-refractivity contribution in [3.8, 4) is 22.6 Å². The van der Waals surface area contributed by atoms with Crippen molar-refractivity contribution in [2.45, 2.75) is 32.2 Å². The van der Waals surface area contributed by atoms with E-state index in [9.17, 15) is 18.0 Å². The summed E-state index contributed by atoms with van der Waals surface area (Å²) in [7, 11) is 0. The highest BCUT2D eigenvalue weighted by molar-refractivity contribution is 6.30. The Kier molecular flexibility index (Phi) is 8.36. The minimum Gasteiger partial charge on any atom is -0.489 e. The monoisotopic (exact) mass is 591 g/mol. The topological polar surface area (TPSA) is 68.7 Å². The Labute approximate surface area is 245 Å². The lowest BCUT2D eigenvalue weighted by atomic mass is 9.92. The molecule has 5 aromatic rings. The van der Waals surface area contributed by atoms with Crippen LogP contribution in [-0.2, 0) is 24.0 Å². The Bertz CT molecular complexity index is 1720. The van der Waals surface area contributed by atoms with Crippen LogP contribution in [-0.4, -0.2) is 22.2 Å². The van der Waals surface area contributed by atoms with Crippen LogP contribution in [0.25, 0.3) is 22.0 Å². The number of rotatable bonds is 9. The number of halogens is 4. The van der Waals surface area contributed by atoms with Gasteiger partial charge in [-0.25, -0.2) is 4.79 Å². The van der Waals surface area contributed by atoms with Gasteiger partial charge in [-0.3, -0.25) is 4.98 Å². The summed E-state index contributed by atoms with van der Waals surface area (Å²) < 4.78 is 53.0. The molecule has 42 heavy (non-hydrogen) atoms. The molecule has 1 atom stereocenters. The van der Waals surface area contributed by atoms with Crippen molar-refractivity contribution < 1.29 is 32.5 Å². The fourth-order valence-electron chi connectivity index (χ4n) is 4.62. The smallest absolute Gasteiger partial charge is 0.418 e. The maximum atomic E-state index is 13.9. The third kappa shape index (κ3) is 6.66. The van der Waals surface area contributed by atoms with E-state index in [2.05, 4.69) is 4.98 Å². The molecule has 0 bridgehead atoms. The lowest BCUT2D eigenvalue weighted by Crippen LogP contribution is -2.22. The van der Waals surface area contributed by atoms with E-state index < -0.39 is 23.8 Å². The number of hydrogen-bond acceptors (Lipinski definition) is 4. The summed E-state index contributed by atoms with van der Waals surface area (Å²) >= 11 is 6.05. The number of para-hydroxylation sites is 1. The molecule has 4 aromatic carbocycles. The summed E-state index contributed by atoms with van der Waals surface area (Å²) in [6.07, 6.45) is -3.59. The maximum absolute atomic E-state index is 13.9. The molecule has 0 aliphatic rings. The molecule has 0 spiro atoms. The molecule has 1 unspecified atom stereocenters. The van der Waals surface area contributed by atoms with Gasteiger partial charge in [0.2, 0.25) is 0 Å². The number of aliphatic carboxylic acids is 1. The Morgan fingerprint density at radius 3 is 2.31 bits per heavy atom. The lowest BCUT2D eigenvalue weighted by Gasteiger charge is -2.17. The van der Waals surface area contributed by atoms with Crippen LogP contribution in [0, 0.1) is 0 Å². The number of carbonyl (C=O) groups is 1. The van der Waals surface area contributed by atoms with Crippen LogP contribution < -0.4 is 9.47 Å². The highest BCUT2D eigenvalue weighted by Gasteiger charge is 2.33. The van der Waals surface area contributed by atoms with Crippen molar-refractivity contribution in [1.82, 2.24) is 4.98 Å². The number of carboxylic acids is 1. The summed E-state index contributed by atoms with van der Waals surface area (Å²) in [6.45, 7) is 1.66. The van der Waals surface area contributed by atoms with Gasteiger partial charge in [0.05, 0.1) is 11.1 Å². The first-order chi connectivity index (χ1) is 20.1. The molecule has 0 saturated carbocycles. The highest BCUT2D eigenvalue weighted by atomic mass is 35.5. The lowest BCUT2D eigenvalue weighted by molar-refractivity contribution is -0.144. The van der Waals surface area contributed by atoms with E-state index in [1.165, 1.54) is 19.2 Å². The van der Waals surface area contributed by atoms with Crippen molar-refractivity contribution in [3.05, 3.63) is 124 Å². The molecule has 0 aliphatic heterocycles. The van der Waals surface area contributed by atoms with Gasteiger partial charge in [0.15, 0.2) is 6.10 Å². The quantitative estimate of drug-likeness (QED) is 0.186. The Morgan fingerprint density at radius 1 is 0.929 bits per heavy atom. The number of benzene rings is 4. The predicted molar refractivity (Wildman–Crippen MR) is 155 cm³/mol. The van der Waals surface area contributed by atoms with Crippen LogP contribution in [0.1, 0.15) is 29.2 Å². The average Bonchev–Trinajstić information content (AvgIpc) is 2.97. The van der Waals surface area contributed by atoms with E-state index in [-0.39, 0.29) is 12.1 Å². The number of carboxylic acid groups (broad SMARTS) is 1. The summed E-state index contributed by atoms with van der Waals surface area (Å²) in [5, 5.41) is 10.00. The molecule has 0 amide bonds. The molecular weight excluding hydrogens is 567 g/mol. The molecule has 9 heteroatoms. The van der Waals surface area contributed by atoms with E-state index >= 15 is 0 Å². The highest BCUT2D eigenvalue weighted by Crippen LogP contribution is 2.39. The van der Waals surface area contributed by atoms with Gasteiger partial charge in [-0.1, -0.05) is 60.1 Å². The minimum absolute atomic E-state index is 0.120. The molecule has 5 nitrogen and oxygen atoms in total. The second-order valence-electron chi connectivity index (χ2n) is 9.72. The number of ether oxygens (including phenoxy) is 2. The van der Waals surface area contributed by atoms with E-state index in [1.807, 2.05) is 18.2 Å². The number of nitrogens with zero attached hydrogens (tertiary/aromatic N) is 1. The fourth-order valence-corrected chi connectivity index (χ4v) is 4.74. The largest absolute Gasteiger partial charge is 0.489 e. The number of pyridine rings is 1. The Morgan fingerprint density at radius 2 is 1.62 bits per heavy atom. The zero-order chi connectivity index (χ0) is 29.9. The summed E-state index contributed by atoms with van der Waals surface area (Å²) in [5.41, 5.74) is 2.93. The first-order valence-electron chi connectivity index (χ1n) is 13.0. The Balaban J connectivity index is 1.48. The average molecular weight is 592 g/mol. The molecule has 5 rings (SSSR count). The van der Waals surface area contributed by atoms with Gasteiger partial charge in [-0.05, 0) is 83.6 Å². The SMILES string of the molecule is CC(Oc1ccc(COc2cccc(-c3c(Cc4ccc(Cl)cc4)cnc4c(C(F)(F)F)cccc34)c2)cc1)C(=O)O. The first kappa shape index (κ1) is 29.0. The minimum atomic E-state index is -4.56. The van der Waals surface area contributed by atoms with Crippen molar-refractivity contribution >= 4 is 28.5 Å². The number of hydrogen-bond donors (Lipinski definition) is 1. The zero-order valence-electron chi connectivity index (χ0n) is 22.4. The summed E-state index contributed by atoms with van der Waals surface area (Å²) in [4.78, 5) is 15.3. The van der Waals surface area contributed by atoms with Crippen LogP contribution in [0.5, 0.6) is 11.5 Å². The van der Waals surface area contributed by atoms with Crippen molar-refractivity contribution in [3.63, 3.8) is 0 Å². The molecule has 0 saturated heterocycles. The molecule has 1 heterocycles. The van der Waals surface area contributed by atoms with Crippen LogP contribution in [0.15, 0.2) is 97.2 Å². The summed E-state index contributed by atoms with van der Waals surface area (Å²) in [5.74, 6) is -0.108. The molecule has 0 fully saturated rings. The van der Waals surface area contributed by atoms with Gasteiger partial charge in [-0.2, -0.15) is 13.2 Å². The second kappa shape index (κ2) is 12.1. The van der Waals surface area contributed by atoms with Gasteiger partial charge in [0, 0.05) is 16.6 Å². The van der Waals surface area contributed by atoms with Crippen LogP contribution in [0.2, 0.25) is 5.02 Å². The molecule has 0 radical (unpaired) electrons. The number of fused-ring (bicyclic) bond motifs is 1. The van der Waals surface area contributed by atoms with E-state index in [4.69, 9.17) is 26.2 Å². The maximum Gasteiger partial charge on any atom is 0.418 e. The normalized spacial score (nSPS) is 12.2. The number of alkyl halides is 3. The zero-order valence-corrected chi connectivity index (χ0v) is 23.1. The number of aromatic nitrogens is 1. The van der Waals surface area contributed by atoms with Crippen LogP contribution in [0.4, 0.5) is 13.2 Å². The standard InChI is InChI=1S/C33H25ClF3NO4/c1-20(32(39)40)42-26-14-10-22(11-15-26)19-41-27-5-2-4-23(17-27)30-24(16-21-8-12-25(34)13-9-21)18-38-31-28(30)6-3-7-29(31)33(35,36)37/h2-15,17-18,20H,16,19H2,1H3,(H,39,40). The van der Waals surface area contributed by atoms with Gasteiger partial charge < -0.3 is 14.6 Å². The first-order valence-corrected chi connectivity index (χ1v) is 13.4. The van der Waals surface area contributed by atoms with Gasteiger partial charge in [0.1, 0.15) is 18.1 Å². The van der Waals surface area contributed by atoms with Gasteiger partial charge >= 0.3 is 12.1 Å². The molecule has 0 aliphatic carbocycles. The third-order valence-corrected chi connectivity index (χ3v) is 6.95. The van der Waals surface area contributed by atoms with Crippen molar-refractivity contribution in [2.24, 2.45) is 0 Å². The van der Waals surface area contributed by atoms with Crippen molar-refractivity contribution in [1.29, 1.82) is 0 Å². The van der Waals surface area contributed by atoms with E-state index in [1.54, 1.807) is 60.7 Å². The van der Waals surface area contributed by atoms with E-state index in [0.717, 1.165) is 22.8 Å². The van der Waals surface area contributed by atoms with Crippen LogP contribution in [0.3, 0.4) is 0 Å². The van der Waals surface area contributed by atoms with Crippen LogP contribution >= 0.6 is 11.6 Å². The third-order valence-electron chi connectivity index (χ3n) is 6.70.